The number of imidazole rings is 1. The van der Waals surface area contributed by atoms with Crippen molar-refractivity contribution in [2.75, 3.05) is 5.73 Å². The molecule has 0 bridgehead atoms. The number of aromatic nitrogens is 2. The van der Waals surface area contributed by atoms with E-state index in [1.807, 2.05) is 0 Å². The van der Waals surface area contributed by atoms with Crippen LogP contribution in [0.1, 0.15) is 12.8 Å². The Morgan fingerprint density at radius 2 is 2.27 bits per heavy atom. The summed E-state index contributed by atoms with van der Waals surface area (Å²) in [5, 5.41) is 0. The van der Waals surface area contributed by atoms with E-state index in [4.69, 9.17) is 5.73 Å². The molecule has 78 valence electrons. The maximum absolute atomic E-state index is 5.93. The number of nitrogens with zero attached hydrogens (tertiary/aromatic N) is 2. The highest BCUT2D eigenvalue weighted by molar-refractivity contribution is 14.1. The van der Waals surface area contributed by atoms with Gasteiger partial charge in [-0.1, -0.05) is 0 Å². The number of rotatable bonds is 2. The lowest BCUT2D eigenvalue weighted by atomic mass is 10.3. The molecule has 1 aromatic carbocycles. The zero-order valence-corrected chi connectivity index (χ0v) is 10.4. The molecule has 0 atom stereocenters. The van der Waals surface area contributed by atoms with Crippen LogP contribution in [0.5, 0.6) is 0 Å². The summed E-state index contributed by atoms with van der Waals surface area (Å²) in [4.78, 5) is 4.39. The number of hydrogen-bond acceptors (Lipinski definition) is 2. The largest absolute Gasteiger partial charge is 0.369 e. The molecular weight excluding hydrogens is 301 g/mol. The number of anilines is 1. The van der Waals surface area contributed by atoms with Gasteiger partial charge in [0.05, 0.1) is 11.0 Å². The number of benzene rings is 1. The summed E-state index contributed by atoms with van der Waals surface area (Å²) in [7, 11) is 0. The summed E-state index contributed by atoms with van der Waals surface area (Å²) in [5.74, 6) is 1.47. The quantitative estimate of drug-likeness (QED) is 0.866. The van der Waals surface area contributed by atoms with Gasteiger partial charge < -0.3 is 10.3 Å². The third kappa shape index (κ3) is 1.71. The van der Waals surface area contributed by atoms with Gasteiger partial charge in [0.25, 0.3) is 0 Å². The van der Waals surface area contributed by atoms with Crippen LogP contribution in [0.25, 0.3) is 11.0 Å². The van der Waals surface area contributed by atoms with Crippen LogP contribution < -0.4 is 5.73 Å². The molecule has 0 spiro atoms. The molecule has 0 amide bonds. The Kier molecular flexibility index (Phi) is 2.12. The van der Waals surface area contributed by atoms with Gasteiger partial charge in [0.2, 0.25) is 5.95 Å². The first-order valence-electron chi connectivity index (χ1n) is 5.15. The van der Waals surface area contributed by atoms with Gasteiger partial charge in [-0.3, -0.25) is 0 Å². The number of hydrogen-bond donors (Lipinski definition) is 1. The van der Waals surface area contributed by atoms with Crippen molar-refractivity contribution in [1.29, 1.82) is 0 Å². The summed E-state index contributed by atoms with van der Waals surface area (Å²) in [6, 6.07) is 6.30. The fraction of sp³-hybridized carbons (Fsp3) is 0.364. The SMILES string of the molecule is Nc1nc2cc(I)ccc2n1CC1CC1. The Bertz CT molecular complexity index is 514. The third-order valence-electron chi connectivity index (χ3n) is 2.88. The first kappa shape index (κ1) is 9.45. The van der Waals surface area contributed by atoms with Gasteiger partial charge >= 0.3 is 0 Å². The number of fused-ring (bicyclic) bond motifs is 1. The molecule has 3 nitrogen and oxygen atoms in total. The van der Waals surface area contributed by atoms with Crippen molar-refractivity contribution in [3.63, 3.8) is 0 Å². The minimum absolute atomic E-state index is 0.652. The molecule has 1 aromatic heterocycles. The Morgan fingerprint density at radius 1 is 1.47 bits per heavy atom. The number of nitrogen functional groups attached to an aromatic ring is 1. The molecule has 0 radical (unpaired) electrons. The van der Waals surface area contributed by atoms with E-state index >= 15 is 0 Å². The van der Waals surface area contributed by atoms with Crippen molar-refractivity contribution < 1.29 is 0 Å². The second kappa shape index (κ2) is 3.37. The summed E-state index contributed by atoms with van der Waals surface area (Å²) >= 11 is 2.30. The average Bonchev–Trinajstić information content (AvgIpc) is 2.93. The standard InChI is InChI=1S/C11H12IN3/c12-8-3-4-10-9(5-8)14-11(13)15(10)6-7-1-2-7/h3-5,7H,1-2,6H2,(H2,13,14). The molecule has 0 saturated heterocycles. The number of nitrogens with two attached hydrogens (primary N) is 1. The summed E-state index contributed by atoms with van der Waals surface area (Å²) in [6.07, 6.45) is 2.67. The predicted octanol–water partition coefficient (Wildman–Crippen LogP) is 2.63. The number of halogens is 1. The molecule has 15 heavy (non-hydrogen) atoms. The minimum Gasteiger partial charge on any atom is -0.369 e. The van der Waals surface area contributed by atoms with Crippen LogP contribution in [0.2, 0.25) is 0 Å². The Hall–Kier alpha value is -0.780. The molecule has 1 fully saturated rings. The summed E-state index contributed by atoms with van der Waals surface area (Å²) < 4.78 is 3.35. The van der Waals surface area contributed by atoms with Crippen molar-refractivity contribution in [2.45, 2.75) is 19.4 Å². The van der Waals surface area contributed by atoms with Gasteiger partial charge in [0.15, 0.2) is 0 Å². The van der Waals surface area contributed by atoms with Gasteiger partial charge in [0, 0.05) is 10.1 Å². The van der Waals surface area contributed by atoms with Crippen molar-refractivity contribution in [3.8, 4) is 0 Å². The molecule has 3 rings (SSSR count). The van der Waals surface area contributed by atoms with Crippen LogP contribution in [-0.2, 0) is 6.54 Å². The van der Waals surface area contributed by atoms with Crippen molar-refractivity contribution in [1.82, 2.24) is 9.55 Å². The Balaban J connectivity index is 2.13. The first-order chi connectivity index (χ1) is 7.24. The fourth-order valence-corrected chi connectivity index (χ4v) is 2.35. The zero-order valence-electron chi connectivity index (χ0n) is 8.28. The fourth-order valence-electron chi connectivity index (χ4n) is 1.87. The molecule has 4 heteroatoms. The van der Waals surface area contributed by atoms with E-state index in [0.29, 0.717) is 5.95 Å². The zero-order chi connectivity index (χ0) is 10.4. The van der Waals surface area contributed by atoms with Crippen LogP contribution in [-0.4, -0.2) is 9.55 Å². The maximum Gasteiger partial charge on any atom is 0.201 e. The lowest BCUT2D eigenvalue weighted by Crippen LogP contribution is -2.04. The molecule has 0 unspecified atom stereocenters. The van der Waals surface area contributed by atoms with E-state index in [1.165, 1.54) is 21.9 Å². The lowest BCUT2D eigenvalue weighted by molar-refractivity contribution is 0.650. The Labute approximate surface area is 102 Å². The molecule has 2 aromatic rings. The molecular formula is C11H12IN3. The lowest BCUT2D eigenvalue weighted by Gasteiger charge is -2.04. The molecule has 1 aliphatic rings. The second-order valence-electron chi connectivity index (χ2n) is 4.16. The predicted molar refractivity (Wildman–Crippen MR) is 69.6 cm³/mol. The third-order valence-corrected chi connectivity index (χ3v) is 3.55. The highest BCUT2D eigenvalue weighted by atomic mass is 127. The van der Waals surface area contributed by atoms with Gasteiger partial charge in [-0.15, -0.1) is 0 Å². The van der Waals surface area contributed by atoms with E-state index in [1.54, 1.807) is 0 Å². The van der Waals surface area contributed by atoms with E-state index in [-0.39, 0.29) is 0 Å². The smallest absolute Gasteiger partial charge is 0.201 e. The van der Waals surface area contributed by atoms with Gasteiger partial charge in [-0.2, -0.15) is 0 Å². The summed E-state index contributed by atoms with van der Waals surface area (Å²) in [5.41, 5.74) is 8.11. The van der Waals surface area contributed by atoms with Gasteiger partial charge in [-0.25, -0.2) is 4.98 Å². The molecule has 1 saturated carbocycles. The average molecular weight is 313 g/mol. The van der Waals surface area contributed by atoms with Crippen molar-refractivity contribution in [2.24, 2.45) is 5.92 Å². The highest BCUT2D eigenvalue weighted by Crippen LogP contribution is 2.33. The molecule has 2 N–H and O–H groups in total. The van der Waals surface area contributed by atoms with Crippen molar-refractivity contribution >= 4 is 39.6 Å². The van der Waals surface area contributed by atoms with E-state index in [9.17, 15) is 0 Å². The van der Waals surface area contributed by atoms with Crippen LogP contribution in [0, 0.1) is 9.49 Å². The van der Waals surface area contributed by atoms with Crippen LogP contribution in [0.3, 0.4) is 0 Å². The van der Waals surface area contributed by atoms with Gasteiger partial charge in [-0.05, 0) is 59.5 Å². The van der Waals surface area contributed by atoms with Crippen LogP contribution in [0.4, 0.5) is 5.95 Å². The topological polar surface area (TPSA) is 43.8 Å². The molecule has 0 aliphatic heterocycles. The second-order valence-corrected chi connectivity index (χ2v) is 5.40. The van der Waals surface area contributed by atoms with Crippen molar-refractivity contribution in [3.05, 3.63) is 21.8 Å². The Morgan fingerprint density at radius 3 is 3.00 bits per heavy atom. The summed E-state index contributed by atoms with van der Waals surface area (Å²) in [6.45, 7) is 1.03. The van der Waals surface area contributed by atoms with E-state index < -0.39 is 0 Å². The monoisotopic (exact) mass is 313 g/mol. The highest BCUT2D eigenvalue weighted by Gasteiger charge is 2.23. The minimum atomic E-state index is 0.652. The first-order valence-corrected chi connectivity index (χ1v) is 6.23. The maximum atomic E-state index is 5.93. The van der Waals surface area contributed by atoms with Crippen LogP contribution in [0.15, 0.2) is 18.2 Å². The normalized spacial score (nSPS) is 16.1. The van der Waals surface area contributed by atoms with E-state index in [2.05, 4.69) is 50.3 Å². The van der Waals surface area contributed by atoms with Crippen LogP contribution >= 0.6 is 22.6 Å². The molecule has 1 aliphatic carbocycles. The van der Waals surface area contributed by atoms with Gasteiger partial charge in [0.1, 0.15) is 0 Å². The molecule has 1 heterocycles. The van der Waals surface area contributed by atoms with E-state index in [0.717, 1.165) is 18.0 Å².